The van der Waals surface area contributed by atoms with Crippen molar-refractivity contribution in [2.24, 2.45) is 17.6 Å². The smallest absolute Gasteiger partial charge is 0.393 e. The van der Waals surface area contributed by atoms with Gasteiger partial charge in [-0.25, -0.2) is 4.39 Å². The zero-order valence-electron chi connectivity index (χ0n) is 14.6. The van der Waals surface area contributed by atoms with Gasteiger partial charge in [0.05, 0.1) is 23.6 Å². The van der Waals surface area contributed by atoms with Crippen LogP contribution in [-0.4, -0.2) is 29.2 Å². The molecule has 146 valence electrons. The summed E-state index contributed by atoms with van der Waals surface area (Å²) in [5.74, 6) is -6.39. The van der Waals surface area contributed by atoms with E-state index in [-0.39, 0.29) is 5.69 Å². The molecule has 9 heteroatoms. The average Bonchev–Trinajstić information content (AvgIpc) is 2.55. The van der Waals surface area contributed by atoms with Crippen LogP contribution >= 0.6 is 0 Å². The Kier molecular flexibility index (Phi) is 7.14. The first-order valence-electron chi connectivity index (χ1n) is 8.05. The van der Waals surface area contributed by atoms with Crippen LogP contribution in [-0.2, 0) is 9.59 Å². The third kappa shape index (κ3) is 5.17. The normalized spacial score (nSPS) is 16.5. The predicted molar refractivity (Wildman–Crippen MR) is 88.1 cm³/mol. The maximum atomic E-state index is 14.0. The van der Waals surface area contributed by atoms with Crippen LogP contribution in [0.15, 0.2) is 18.2 Å². The largest absolute Gasteiger partial charge is 0.481 e. The minimum atomic E-state index is -4.67. The van der Waals surface area contributed by atoms with Crippen LogP contribution in [0, 0.1) is 17.7 Å². The minimum Gasteiger partial charge on any atom is -0.481 e. The van der Waals surface area contributed by atoms with Crippen molar-refractivity contribution in [1.82, 2.24) is 0 Å². The number of halogens is 4. The number of rotatable bonds is 7. The van der Waals surface area contributed by atoms with Gasteiger partial charge >= 0.3 is 12.1 Å². The molecule has 0 aliphatic heterocycles. The molecule has 0 saturated heterocycles. The van der Waals surface area contributed by atoms with Gasteiger partial charge in [-0.2, -0.15) is 13.2 Å². The zero-order chi connectivity index (χ0) is 20.2. The Bertz CT molecular complexity index is 664. The number of carboxylic acid groups (broad SMARTS) is 1. The molecule has 0 aliphatic carbocycles. The molecule has 0 saturated carbocycles. The molecule has 2 unspecified atom stereocenters. The number of carbonyl (C=O) groups excluding carboxylic acids is 1. The summed E-state index contributed by atoms with van der Waals surface area (Å²) in [6.45, 7) is 4.02. The molecular weight excluding hydrogens is 356 g/mol. The van der Waals surface area contributed by atoms with Gasteiger partial charge in [0.15, 0.2) is 0 Å². The van der Waals surface area contributed by atoms with Crippen LogP contribution < -0.4 is 11.1 Å². The van der Waals surface area contributed by atoms with Crippen molar-refractivity contribution in [3.8, 4) is 0 Å². The van der Waals surface area contributed by atoms with E-state index in [1.54, 1.807) is 6.92 Å². The number of carboxylic acids is 1. The summed E-state index contributed by atoms with van der Waals surface area (Å²) in [7, 11) is 0. The van der Waals surface area contributed by atoms with Gasteiger partial charge in [-0.15, -0.1) is 0 Å². The van der Waals surface area contributed by atoms with Crippen LogP contribution in [0.4, 0.5) is 23.2 Å². The fraction of sp³-hybridized carbons (Fsp3) is 0.529. The third-order valence-corrected chi connectivity index (χ3v) is 4.47. The zero-order valence-corrected chi connectivity index (χ0v) is 14.6. The molecule has 1 aromatic carbocycles. The molecule has 1 aromatic rings. The predicted octanol–water partition coefficient (Wildman–Crippen LogP) is 3.50. The molecule has 0 aliphatic rings. The lowest BCUT2D eigenvalue weighted by Crippen LogP contribution is -2.46. The Morgan fingerprint density at radius 3 is 2.31 bits per heavy atom. The van der Waals surface area contributed by atoms with E-state index in [1.807, 2.05) is 0 Å². The monoisotopic (exact) mass is 378 g/mol. The van der Waals surface area contributed by atoms with E-state index < -0.39 is 47.7 Å². The summed E-state index contributed by atoms with van der Waals surface area (Å²) < 4.78 is 52.0. The van der Waals surface area contributed by atoms with Crippen molar-refractivity contribution in [2.45, 2.75) is 45.3 Å². The number of alkyl halides is 3. The maximum absolute atomic E-state index is 14.0. The Hall–Kier alpha value is -2.16. The van der Waals surface area contributed by atoms with Gasteiger partial charge < -0.3 is 16.2 Å². The summed E-state index contributed by atoms with van der Waals surface area (Å²) in [4.78, 5) is 23.1. The second-order valence-corrected chi connectivity index (χ2v) is 6.23. The lowest BCUT2D eigenvalue weighted by atomic mass is 9.85. The number of anilines is 1. The first-order valence-corrected chi connectivity index (χ1v) is 8.05. The topological polar surface area (TPSA) is 92.4 Å². The number of hydrogen-bond acceptors (Lipinski definition) is 3. The molecule has 0 bridgehead atoms. The van der Waals surface area contributed by atoms with Gasteiger partial charge in [-0.05, 0) is 30.0 Å². The highest BCUT2D eigenvalue weighted by Crippen LogP contribution is 2.32. The van der Waals surface area contributed by atoms with E-state index in [4.69, 9.17) is 10.8 Å². The van der Waals surface area contributed by atoms with Crippen molar-refractivity contribution in [2.75, 3.05) is 5.32 Å². The molecule has 26 heavy (non-hydrogen) atoms. The van der Waals surface area contributed by atoms with Crippen molar-refractivity contribution >= 4 is 17.6 Å². The molecule has 0 fully saturated rings. The lowest BCUT2D eigenvalue weighted by molar-refractivity contribution is -0.176. The SMILES string of the molecule is CCC(c1ccc(F)c(NC(=O)[C@@H](N)C(C)C(F)(F)F)c1)[C@H](C)C(=O)O. The number of benzene rings is 1. The first-order chi connectivity index (χ1) is 11.9. The number of carbonyl (C=O) groups is 2. The second-order valence-electron chi connectivity index (χ2n) is 6.23. The molecule has 1 amide bonds. The highest BCUT2D eigenvalue weighted by Gasteiger charge is 2.42. The summed E-state index contributed by atoms with van der Waals surface area (Å²) in [5, 5.41) is 11.2. The number of nitrogens with one attached hydrogen (secondary N) is 1. The number of nitrogens with two attached hydrogens (primary N) is 1. The van der Waals surface area contributed by atoms with E-state index >= 15 is 0 Å². The standard InChI is InChI=1S/C17H22F4N2O3/c1-4-11(8(2)16(25)26)10-5-6-12(18)13(7-10)23-15(24)14(22)9(3)17(19,20)21/h5-9,11,14H,4,22H2,1-3H3,(H,23,24)(H,25,26)/t8-,9?,11?,14-/m0/s1. The average molecular weight is 378 g/mol. The molecule has 1 rings (SSSR count). The van der Waals surface area contributed by atoms with Gasteiger partial charge in [0, 0.05) is 0 Å². The minimum absolute atomic E-state index is 0.339. The van der Waals surface area contributed by atoms with Crippen molar-refractivity contribution in [3.05, 3.63) is 29.6 Å². The van der Waals surface area contributed by atoms with Crippen LogP contribution in [0.25, 0.3) is 0 Å². The van der Waals surface area contributed by atoms with Gasteiger partial charge in [0.2, 0.25) is 5.91 Å². The molecule has 0 radical (unpaired) electrons. The highest BCUT2D eigenvalue weighted by molar-refractivity contribution is 5.95. The molecule has 0 heterocycles. The van der Waals surface area contributed by atoms with Crippen molar-refractivity contribution in [1.29, 1.82) is 0 Å². The molecule has 5 nitrogen and oxygen atoms in total. The summed E-state index contributed by atoms with van der Waals surface area (Å²) in [6.07, 6.45) is -4.22. The fourth-order valence-corrected chi connectivity index (χ4v) is 2.57. The van der Waals surface area contributed by atoms with E-state index in [2.05, 4.69) is 5.32 Å². The Morgan fingerprint density at radius 2 is 1.85 bits per heavy atom. The number of hydrogen-bond donors (Lipinski definition) is 3. The molecule has 0 spiro atoms. The van der Waals surface area contributed by atoms with Crippen LogP contribution in [0.5, 0.6) is 0 Å². The third-order valence-electron chi connectivity index (χ3n) is 4.47. The number of aliphatic carboxylic acids is 1. The van der Waals surface area contributed by atoms with Gasteiger partial charge in [-0.3, -0.25) is 9.59 Å². The molecule has 4 atom stereocenters. The van der Waals surface area contributed by atoms with Gasteiger partial charge in [-0.1, -0.05) is 26.8 Å². The van der Waals surface area contributed by atoms with Crippen molar-refractivity contribution < 1.29 is 32.3 Å². The summed E-state index contributed by atoms with van der Waals surface area (Å²) in [6, 6.07) is 1.74. The van der Waals surface area contributed by atoms with E-state index in [0.717, 1.165) is 13.0 Å². The van der Waals surface area contributed by atoms with Crippen molar-refractivity contribution in [3.63, 3.8) is 0 Å². The van der Waals surface area contributed by atoms with Gasteiger partial charge in [0.25, 0.3) is 0 Å². The fourth-order valence-electron chi connectivity index (χ4n) is 2.57. The quantitative estimate of drug-likeness (QED) is 0.633. The second kappa shape index (κ2) is 8.48. The van der Waals surface area contributed by atoms with Gasteiger partial charge in [0.1, 0.15) is 5.82 Å². The lowest BCUT2D eigenvalue weighted by Gasteiger charge is -2.23. The Balaban J connectivity index is 3.07. The van der Waals surface area contributed by atoms with Crippen LogP contribution in [0.3, 0.4) is 0 Å². The maximum Gasteiger partial charge on any atom is 0.393 e. The molecule has 0 aromatic heterocycles. The molecule has 4 N–H and O–H groups in total. The number of amides is 1. The van der Waals surface area contributed by atoms with Crippen LogP contribution in [0.1, 0.15) is 38.7 Å². The van der Waals surface area contributed by atoms with E-state index in [0.29, 0.717) is 12.0 Å². The summed E-state index contributed by atoms with van der Waals surface area (Å²) >= 11 is 0. The van der Waals surface area contributed by atoms with E-state index in [1.165, 1.54) is 19.1 Å². The summed E-state index contributed by atoms with van der Waals surface area (Å²) in [5.41, 5.74) is 5.44. The Labute approximate surface area is 148 Å². The Morgan fingerprint density at radius 1 is 1.27 bits per heavy atom. The first kappa shape index (κ1) is 21.9. The highest BCUT2D eigenvalue weighted by atomic mass is 19.4. The van der Waals surface area contributed by atoms with Crippen LogP contribution in [0.2, 0.25) is 0 Å². The molecular formula is C17H22F4N2O3. The van der Waals surface area contributed by atoms with E-state index in [9.17, 15) is 27.2 Å².